The van der Waals surface area contributed by atoms with Crippen LogP contribution in [0.4, 0.5) is 0 Å². The molecule has 0 heterocycles. The minimum absolute atomic E-state index is 0.382. The van der Waals surface area contributed by atoms with Gasteiger partial charge >= 0.3 is 11.9 Å². The average Bonchev–Trinajstić information content (AvgIpc) is 2.47. The molecule has 0 saturated carbocycles. The molecule has 0 aliphatic rings. The minimum atomic E-state index is -1.11. The van der Waals surface area contributed by atoms with Crippen LogP contribution in [0.5, 0.6) is 0 Å². The average molecular weight is 300 g/mol. The van der Waals surface area contributed by atoms with E-state index in [1.165, 1.54) is 0 Å². The second-order valence-electron chi connectivity index (χ2n) is 5.56. The van der Waals surface area contributed by atoms with Crippen molar-refractivity contribution in [3.8, 4) is 0 Å². The van der Waals surface area contributed by atoms with Gasteiger partial charge in [0.1, 0.15) is 0 Å². The molecular weight excluding hydrogens is 268 g/mol. The fraction of sp³-hybridized carbons (Fsp3) is 0.882. The molecule has 0 fully saturated rings. The van der Waals surface area contributed by atoms with E-state index < -0.39 is 17.4 Å². The van der Waals surface area contributed by atoms with Crippen LogP contribution < -0.4 is 0 Å². The molecule has 0 aromatic heterocycles. The quantitative estimate of drug-likeness (QED) is 0.307. The number of esters is 2. The number of carbonyl (C=O) groups excluding carboxylic acids is 2. The number of rotatable bonds is 12. The van der Waals surface area contributed by atoms with E-state index in [-0.39, 0.29) is 0 Å². The molecule has 0 radical (unpaired) electrons. The number of hydrogen-bond donors (Lipinski definition) is 0. The number of unbranched alkanes of at least 4 members (excludes halogenated alkanes) is 2. The fourth-order valence-electron chi connectivity index (χ4n) is 2.36. The lowest BCUT2D eigenvalue weighted by Gasteiger charge is -2.28. The fourth-order valence-corrected chi connectivity index (χ4v) is 2.36. The smallest absolute Gasteiger partial charge is 0.323 e. The first-order valence-electron chi connectivity index (χ1n) is 8.43. The van der Waals surface area contributed by atoms with Gasteiger partial charge in [-0.2, -0.15) is 0 Å². The Labute approximate surface area is 129 Å². The largest absolute Gasteiger partial charge is 0.465 e. The summed E-state index contributed by atoms with van der Waals surface area (Å²) in [5.74, 6) is -0.803. The molecule has 0 aliphatic heterocycles. The monoisotopic (exact) mass is 300 g/mol. The maximum Gasteiger partial charge on any atom is 0.323 e. The molecule has 0 atom stereocenters. The van der Waals surface area contributed by atoms with Crippen LogP contribution in [-0.4, -0.2) is 25.2 Å². The predicted molar refractivity (Wildman–Crippen MR) is 84.0 cm³/mol. The molecular formula is C17H32O4. The highest BCUT2D eigenvalue weighted by molar-refractivity contribution is 6.00. The summed E-state index contributed by atoms with van der Waals surface area (Å²) < 4.78 is 10.7. The number of carbonyl (C=O) groups is 2. The molecule has 4 nitrogen and oxygen atoms in total. The summed E-state index contributed by atoms with van der Waals surface area (Å²) in [7, 11) is 0. The van der Waals surface area contributed by atoms with E-state index in [0.29, 0.717) is 26.1 Å². The lowest BCUT2D eigenvalue weighted by molar-refractivity contribution is -0.174. The van der Waals surface area contributed by atoms with Crippen LogP contribution in [0, 0.1) is 5.41 Å². The van der Waals surface area contributed by atoms with Gasteiger partial charge in [-0.1, -0.05) is 53.4 Å². The van der Waals surface area contributed by atoms with Gasteiger partial charge in [-0.05, 0) is 25.7 Å². The van der Waals surface area contributed by atoms with E-state index in [9.17, 15) is 9.59 Å². The third-order valence-electron chi connectivity index (χ3n) is 3.60. The van der Waals surface area contributed by atoms with E-state index in [4.69, 9.17) is 9.47 Å². The summed E-state index contributed by atoms with van der Waals surface area (Å²) in [5.41, 5.74) is -1.11. The van der Waals surface area contributed by atoms with Crippen molar-refractivity contribution in [1.29, 1.82) is 0 Å². The summed E-state index contributed by atoms with van der Waals surface area (Å²) in [6.45, 7) is 8.79. The van der Waals surface area contributed by atoms with Crippen LogP contribution in [0.25, 0.3) is 0 Å². The van der Waals surface area contributed by atoms with Crippen LogP contribution in [0.3, 0.4) is 0 Å². The zero-order valence-corrected chi connectivity index (χ0v) is 14.2. The van der Waals surface area contributed by atoms with Crippen molar-refractivity contribution in [2.75, 3.05) is 13.2 Å². The molecule has 21 heavy (non-hydrogen) atoms. The Morgan fingerprint density at radius 1 is 0.714 bits per heavy atom. The van der Waals surface area contributed by atoms with Gasteiger partial charge in [-0.25, -0.2) is 0 Å². The highest BCUT2D eigenvalue weighted by Crippen LogP contribution is 2.33. The van der Waals surface area contributed by atoms with Crippen molar-refractivity contribution in [3.63, 3.8) is 0 Å². The molecule has 0 rings (SSSR count). The summed E-state index contributed by atoms with van der Waals surface area (Å²) in [6, 6.07) is 0. The maximum absolute atomic E-state index is 12.5. The Morgan fingerprint density at radius 2 is 1.10 bits per heavy atom. The normalized spacial score (nSPS) is 11.2. The molecule has 0 amide bonds. The van der Waals surface area contributed by atoms with Crippen molar-refractivity contribution in [2.45, 2.75) is 79.1 Å². The first-order chi connectivity index (χ1) is 10.1. The maximum atomic E-state index is 12.5. The van der Waals surface area contributed by atoms with Crippen LogP contribution in [0.2, 0.25) is 0 Å². The molecule has 4 heteroatoms. The van der Waals surface area contributed by atoms with E-state index in [1.807, 2.05) is 27.7 Å². The number of hydrogen-bond acceptors (Lipinski definition) is 4. The Morgan fingerprint density at radius 3 is 1.38 bits per heavy atom. The molecule has 0 aliphatic carbocycles. The van der Waals surface area contributed by atoms with Gasteiger partial charge < -0.3 is 9.47 Å². The molecule has 0 saturated heterocycles. The van der Waals surface area contributed by atoms with Gasteiger partial charge in [0, 0.05) is 0 Å². The summed E-state index contributed by atoms with van der Waals surface area (Å²) in [5, 5.41) is 0. The molecule has 124 valence electrons. The zero-order valence-electron chi connectivity index (χ0n) is 14.2. The van der Waals surface area contributed by atoms with Crippen molar-refractivity contribution in [1.82, 2.24) is 0 Å². The SMILES string of the molecule is CCCCOC(=O)C(CCC)(CCC)C(=O)OCCCC. The van der Waals surface area contributed by atoms with Crippen LogP contribution >= 0.6 is 0 Å². The van der Waals surface area contributed by atoms with Gasteiger partial charge in [-0.15, -0.1) is 0 Å². The van der Waals surface area contributed by atoms with E-state index >= 15 is 0 Å². The van der Waals surface area contributed by atoms with E-state index in [0.717, 1.165) is 38.5 Å². The molecule has 0 bridgehead atoms. The van der Waals surface area contributed by atoms with Crippen molar-refractivity contribution in [2.24, 2.45) is 5.41 Å². The van der Waals surface area contributed by atoms with Gasteiger partial charge in [-0.3, -0.25) is 9.59 Å². The lowest BCUT2D eigenvalue weighted by Crippen LogP contribution is -2.42. The van der Waals surface area contributed by atoms with Gasteiger partial charge in [0.05, 0.1) is 13.2 Å². The second kappa shape index (κ2) is 11.6. The Hall–Kier alpha value is -1.06. The Kier molecular flexibility index (Phi) is 11.0. The van der Waals surface area contributed by atoms with E-state index in [2.05, 4.69) is 0 Å². The first kappa shape index (κ1) is 19.9. The molecule has 0 aromatic carbocycles. The first-order valence-corrected chi connectivity index (χ1v) is 8.43. The van der Waals surface area contributed by atoms with Crippen molar-refractivity contribution in [3.05, 3.63) is 0 Å². The lowest BCUT2D eigenvalue weighted by atomic mass is 9.79. The highest BCUT2D eigenvalue weighted by Gasteiger charge is 2.47. The predicted octanol–water partition coefficient (Wildman–Crippen LogP) is 4.26. The summed E-state index contributed by atoms with van der Waals surface area (Å²) >= 11 is 0. The molecule has 0 unspecified atom stereocenters. The van der Waals surface area contributed by atoms with Gasteiger partial charge in [0.2, 0.25) is 0 Å². The third kappa shape index (κ3) is 6.49. The van der Waals surface area contributed by atoms with Crippen molar-refractivity contribution < 1.29 is 19.1 Å². The van der Waals surface area contributed by atoms with Crippen LogP contribution in [-0.2, 0) is 19.1 Å². The Balaban J connectivity index is 4.94. The summed E-state index contributed by atoms with van der Waals surface area (Å²) in [4.78, 5) is 24.9. The minimum Gasteiger partial charge on any atom is -0.465 e. The molecule has 0 spiro atoms. The third-order valence-corrected chi connectivity index (χ3v) is 3.60. The molecule has 0 aromatic rings. The number of ether oxygens (including phenoxy) is 2. The summed E-state index contributed by atoms with van der Waals surface area (Å²) in [6.07, 6.45) is 6.08. The zero-order chi connectivity index (χ0) is 16.1. The standard InChI is InChI=1S/C17H32O4/c1-5-9-13-20-15(18)17(11-7-3,12-8-4)16(19)21-14-10-6-2/h5-14H2,1-4H3. The van der Waals surface area contributed by atoms with E-state index in [1.54, 1.807) is 0 Å². The molecule has 0 N–H and O–H groups in total. The van der Waals surface area contributed by atoms with Gasteiger partial charge in [0.25, 0.3) is 0 Å². The van der Waals surface area contributed by atoms with Crippen molar-refractivity contribution >= 4 is 11.9 Å². The Bertz CT molecular complexity index is 269. The second-order valence-corrected chi connectivity index (χ2v) is 5.56. The highest BCUT2D eigenvalue weighted by atomic mass is 16.6. The van der Waals surface area contributed by atoms with Crippen LogP contribution in [0.15, 0.2) is 0 Å². The topological polar surface area (TPSA) is 52.6 Å². The van der Waals surface area contributed by atoms with Gasteiger partial charge in [0.15, 0.2) is 5.41 Å². The van der Waals surface area contributed by atoms with Crippen LogP contribution in [0.1, 0.15) is 79.1 Å².